The Balaban J connectivity index is 0.00000220. The number of hydrogen-bond donors (Lipinski definition) is 1. The first-order valence-corrected chi connectivity index (χ1v) is 7.86. The second kappa shape index (κ2) is 9.80. The number of nitrogens with one attached hydrogen (secondary N) is 1. The minimum absolute atomic E-state index is 0. The summed E-state index contributed by atoms with van der Waals surface area (Å²) >= 11 is 0. The van der Waals surface area contributed by atoms with E-state index in [1.54, 1.807) is 0 Å². The van der Waals surface area contributed by atoms with E-state index in [0.29, 0.717) is 6.42 Å². The third-order valence-corrected chi connectivity index (χ3v) is 3.89. The maximum Gasteiger partial charge on any atom is 0.227 e. The standard InChI is InChI=1S/C17H26N2O.ClH/c1-2-3-5-15-6-8-16(9-7-15)14-17(20)19-12-4-10-18-11-13-19;/h6-9,18H,2-5,10-14H2,1H3;1H. The molecule has 1 N–H and O–H groups in total. The van der Waals surface area contributed by atoms with Gasteiger partial charge in [0, 0.05) is 19.6 Å². The van der Waals surface area contributed by atoms with E-state index in [0.717, 1.165) is 44.6 Å². The molecule has 4 heteroatoms. The molecule has 1 aliphatic heterocycles. The number of benzene rings is 1. The van der Waals surface area contributed by atoms with Gasteiger partial charge in [0.2, 0.25) is 5.91 Å². The Morgan fingerprint density at radius 2 is 1.86 bits per heavy atom. The topological polar surface area (TPSA) is 32.3 Å². The molecule has 1 aliphatic rings. The molecule has 3 nitrogen and oxygen atoms in total. The van der Waals surface area contributed by atoms with Crippen molar-refractivity contribution in [2.75, 3.05) is 26.2 Å². The van der Waals surface area contributed by atoms with Gasteiger partial charge in [-0.1, -0.05) is 37.6 Å². The van der Waals surface area contributed by atoms with Gasteiger partial charge in [0.15, 0.2) is 0 Å². The van der Waals surface area contributed by atoms with Gasteiger partial charge in [0.25, 0.3) is 0 Å². The molecule has 0 spiro atoms. The van der Waals surface area contributed by atoms with Crippen molar-refractivity contribution in [2.24, 2.45) is 0 Å². The van der Waals surface area contributed by atoms with Crippen molar-refractivity contribution >= 4 is 18.3 Å². The lowest BCUT2D eigenvalue weighted by atomic mass is 10.0. The Hall–Kier alpha value is -1.06. The molecular formula is C17H27ClN2O. The quantitative estimate of drug-likeness (QED) is 0.907. The van der Waals surface area contributed by atoms with Gasteiger partial charge in [-0.05, 0) is 36.9 Å². The van der Waals surface area contributed by atoms with Crippen molar-refractivity contribution in [1.29, 1.82) is 0 Å². The molecule has 0 radical (unpaired) electrons. The van der Waals surface area contributed by atoms with Crippen molar-refractivity contribution in [3.63, 3.8) is 0 Å². The lowest BCUT2D eigenvalue weighted by molar-refractivity contribution is -0.130. The molecule has 118 valence electrons. The maximum absolute atomic E-state index is 12.3. The van der Waals surface area contributed by atoms with Crippen LogP contribution in [0, 0.1) is 0 Å². The van der Waals surface area contributed by atoms with E-state index in [2.05, 4.69) is 36.5 Å². The Morgan fingerprint density at radius 1 is 1.14 bits per heavy atom. The molecule has 1 fully saturated rings. The first-order valence-electron chi connectivity index (χ1n) is 7.86. The fraction of sp³-hybridized carbons (Fsp3) is 0.588. The monoisotopic (exact) mass is 310 g/mol. The highest BCUT2D eigenvalue weighted by Gasteiger charge is 2.15. The molecule has 0 atom stereocenters. The highest BCUT2D eigenvalue weighted by atomic mass is 35.5. The van der Waals surface area contributed by atoms with Crippen molar-refractivity contribution in [2.45, 2.75) is 39.0 Å². The number of nitrogens with zero attached hydrogens (tertiary/aromatic N) is 1. The zero-order valence-electron chi connectivity index (χ0n) is 12.9. The minimum Gasteiger partial charge on any atom is -0.341 e. The van der Waals surface area contributed by atoms with Crippen LogP contribution in [0.5, 0.6) is 0 Å². The van der Waals surface area contributed by atoms with Crippen LogP contribution >= 0.6 is 12.4 Å². The Kier molecular flexibility index (Phi) is 8.40. The average Bonchev–Trinajstić information content (AvgIpc) is 2.75. The van der Waals surface area contributed by atoms with E-state index >= 15 is 0 Å². The minimum atomic E-state index is 0. The van der Waals surface area contributed by atoms with Crippen LogP contribution in [0.4, 0.5) is 0 Å². The highest BCUT2D eigenvalue weighted by Crippen LogP contribution is 2.10. The first kappa shape index (κ1) is 18.0. The number of rotatable bonds is 5. The number of amides is 1. The van der Waals surface area contributed by atoms with Crippen molar-refractivity contribution in [3.05, 3.63) is 35.4 Å². The third kappa shape index (κ3) is 6.06. The Morgan fingerprint density at radius 3 is 2.57 bits per heavy atom. The molecule has 0 unspecified atom stereocenters. The van der Waals surface area contributed by atoms with Gasteiger partial charge in [0.1, 0.15) is 0 Å². The molecule has 21 heavy (non-hydrogen) atoms. The molecule has 0 saturated carbocycles. The number of unbranched alkanes of at least 4 members (excludes halogenated alkanes) is 1. The molecule has 2 rings (SSSR count). The number of aryl methyl sites for hydroxylation is 1. The summed E-state index contributed by atoms with van der Waals surface area (Å²) < 4.78 is 0. The zero-order chi connectivity index (χ0) is 14.2. The summed E-state index contributed by atoms with van der Waals surface area (Å²) in [7, 11) is 0. The fourth-order valence-electron chi connectivity index (χ4n) is 2.59. The van der Waals surface area contributed by atoms with Gasteiger partial charge in [-0.15, -0.1) is 12.4 Å². The summed E-state index contributed by atoms with van der Waals surface area (Å²) in [6.07, 6.45) is 5.20. The van der Waals surface area contributed by atoms with Gasteiger partial charge >= 0.3 is 0 Å². The number of hydrogen-bond acceptors (Lipinski definition) is 2. The van der Waals surface area contributed by atoms with Gasteiger partial charge in [0.05, 0.1) is 6.42 Å². The van der Waals surface area contributed by atoms with Crippen LogP contribution in [-0.2, 0) is 17.6 Å². The van der Waals surface area contributed by atoms with Gasteiger partial charge < -0.3 is 10.2 Å². The lowest BCUT2D eigenvalue weighted by Crippen LogP contribution is -2.35. The van der Waals surface area contributed by atoms with Crippen molar-refractivity contribution in [3.8, 4) is 0 Å². The smallest absolute Gasteiger partial charge is 0.227 e. The van der Waals surface area contributed by atoms with Crippen LogP contribution in [-0.4, -0.2) is 37.0 Å². The van der Waals surface area contributed by atoms with E-state index in [9.17, 15) is 4.79 Å². The molecule has 1 aromatic carbocycles. The van der Waals surface area contributed by atoms with Crippen LogP contribution in [0.15, 0.2) is 24.3 Å². The van der Waals surface area contributed by atoms with E-state index in [1.807, 2.05) is 4.90 Å². The molecule has 1 amide bonds. The van der Waals surface area contributed by atoms with Crippen molar-refractivity contribution in [1.82, 2.24) is 10.2 Å². The maximum atomic E-state index is 12.3. The molecule has 0 bridgehead atoms. The second-order valence-electron chi connectivity index (χ2n) is 5.58. The predicted molar refractivity (Wildman–Crippen MR) is 90.1 cm³/mol. The Bertz CT molecular complexity index is 411. The number of halogens is 1. The number of carbonyl (C=O) groups is 1. The summed E-state index contributed by atoms with van der Waals surface area (Å²) in [5.41, 5.74) is 2.51. The second-order valence-corrected chi connectivity index (χ2v) is 5.58. The summed E-state index contributed by atoms with van der Waals surface area (Å²) in [4.78, 5) is 14.3. The normalized spacial score (nSPS) is 15.2. The molecule has 0 aromatic heterocycles. The first-order chi connectivity index (χ1) is 9.79. The summed E-state index contributed by atoms with van der Waals surface area (Å²) in [5, 5.41) is 3.33. The molecular weight excluding hydrogens is 284 g/mol. The molecule has 1 heterocycles. The number of carbonyl (C=O) groups excluding carboxylic acids is 1. The van der Waals surface area contributed by atoms with E-state index < -0.39 is 0 Å². The average molecular weight is 311 g/mol. The summed E-state index contributed by atoms with van der Waals surface area (Å²) in [5.74, 6) is 0.259. The predicted octanol–water partition coefficient (Wildman–Crippen LogP) is 2.82. The summed E-state index contributed by atoms with van der Waals surface area (Å²) in [6, 6.07) is 8.56. The third-order valence-electron chi connectivity index (χ3n) is 3.89. The van der Waals surface area contributed by atoms with Crippen LogP contribution in [0.3, 0.4) is 0 Å². The van der Waals surface area contributed by atoms with Crippen LogP contribution in [0.1, 0.15) is 37.3 Å². The largest absolute Gasteiger partial charge is 0.341 e. The molecule has 0 aliphatic carbocycles. The lowest BCUT2D eigenvalue weighted by Gasteiger charge is -2.20. The van der Waals surface area contributed by atoms with E-state index in [1.165, 1.54) is 18.4 Å². The highest BCUT2D eigenvalue weighted by molar-refractivity contribution is 5.85. The van der Waals surface area contributed by atoms with E-state index in [-0.39, 0.29) is 18.3 Å². The van der Waals surface area contributed by atoms with Crippen LogP contribution in [0.25, 0.3) is 0 Å². The van der Waals surface area contributed by atoms with Crippen LogP contribution < -0.4 is 5.32 Å². The Labute approximate surface area is 134 Å². The van der Waals surface area contributed by atoms with Crippen LogP contribution in [0.2, 0.25) is 0 Å². The van der Waals surface area contributed by atoms with Gasteiger partial charge in [-0.2, -0.15) is 0 Å². The summed E-state index contributed by atoms with van der Waals surface area (Å²) in [6.45, 7) is 5.88. The van der Waals surface area contributed by atoms with Crippen molar-refractivity contribution < 1.29 is 4.79 Å². The molecule has 1 saturated heterocycles. The van der Waals surface area contributed by atoms with Gasteiger partial charge in [-0.25, -0.2) is 0 Å². The van der Waals surface area contributed by atoms with Gasteiger partial charge in [-0.3, -0.25) is 4.79 Å². The SMILES string of the molecule is CCCCc1ccc(CC(=O)N2CCCNCC2)cc1.Cl. The van der Waals surface area contributed by atoms with E-state index in [4.69, 9.17) is 0 Å². The zero-order valence-corrected chi connectivity index (χ0v) is 13.8. The fourth-order valence-corrected chi connectivity index (χ4v) is 2.59. The molecule has 1 aromatic rings.